The zero-order chi connectivity index (χ0) is 12.7. The van der Waals surface area contributed by atoms with Crippen molar-refractivity contribution < 1.29 is 5.11 Å². The van der Waals surface area contributed by atoms with Gasteiger partial charge in [-0.15, -0.1) is 0 Å². The van der Waals surface area contributed by atoms with Crippen LogP contribution in [0.15, 0.2) is 24.3 Å². The van der Waals surface area contributed by atoms with E-state index in [1.807, 2.05) is 19.1 Å². The molecular formula is C13H17ClN2O. The molecule has 0 aromatic heterocycles. The monoisotopic (exact) mass is 252 g/mol. The van der Waals surface area contributed by atoms with Crippen molar-refractivity contribution >= 4 is 11.6 Å². The summed E-state index contributed by atoms with van der Waals surface area (Å²) in [6, 6.07) is 9.30. The SMILES string of the molecule is CCN(CCC#N)CC(O)c1ccc(Cl)cc1. The van der Waals surface area contributed by atoms with Gasteiger partial charge in [-0.2, -0.15) is 5.26 Å². The van der Waals surface area contributed by atoms with Gasteiger partial charge in [-0.1, -0.05) is 30.7 Å². The molecule has 0 saturated heterocycles. The van der Waals surface area contributed by atoms with Crippen LogP contribution >= 0.6 is 11.6 Å². The Labute approximate surface area is 107 Å². The number of aliphatic hydroxyl groups excluding tert-OH is 1. The van der Waals surface area contributed by atoms with Gasteiger partial charge in [0.15, 0.2) is 0 Å². The molecule has 0 spiro atoms. The molecule has 0 aliphatic carbocycles. The summed E-state index contributed by atoms with van der Waals surface area (Å²) in [5.74, 6) is 0. The summed E-state index contributed by atoms with van der Waals surface area (Å²) >= 11 is 5.79. The van der Waals surface area contributed by atoms with Gasteiger partial charge in [0.2, 0.25) is 0 Å². The number of aliphatic hydroxyl groups is 1. The molecule has 1 aromatic carbocycles. The van der Waals surface area contributed by atoms with Gasteiger partial charge in [-0.3, -0.25) is 4.90 Å². The fraction of sp³-hybridized carbons (Fsp3) is 0.462. The lowest BCUT2D eigenvalue weighted by Crippen LogP contribution is -2.29. The summed E-state index contributed by atoms with van der Waals surface area (Å²) in [5, 5.41) is 19.2. The number of likely N-dealkylation sites (N-methyl/N-ethyl adjacent to an activating group) is 1. The van der Waals surface area contributed by atoms with Crippen molar-refractivity contribution in [1.82, 2.24) is 4.90 Å². The van der Waals surface area contributed by atoms with Gasteiger partial charge in [0.05, 0.1) is 12.2 Å². The summed E-state index contributed by atoms with van der Waals surface area (Å²) in [5.41, 5.74) is 0.852. The van der Waals surface area contributed by atoms with Crippen molar-refractivity contribution in [3.8, 4) is 6.07 Å². The first-order valence-electron chi connectivity index (χ1n) is 5.70. The van der Waals surface area contributed by atoms with Crippen LogP contribution in [0, 0.1) is 11.3 Å². The standard InChI is InChI=1S/C13H17ClN2O/c1-2-16(9-3-8-15)10-13(17)11-4-6-12(14)7-5-11/h4-7,13,17H,2-3,9-10H2,1H3. The lowest BCUT2D eigenvalue weighted by Gasteiger charge is -2.22. The number of hydrogen-bond acceptors (Lipinski definition) is 3. The molecule has 0 bridgehead atoms. The van der Waals surface area contributed by atoms with Crippen LogP contribution in [0.3, 0.4) is 0 Å². The van der Waals surface area contributed by atoms with E-state index in [9.17, 15) is 5.11 Å². The topological polar surface area (TPSA) is 47.3 Å². The Morgan fingerprint density at radius 2 is 2.06 bits per heavy atom. The van der Waals surface area contributed by atoms with Crippen molar-refractivity contribution in [3.63, 3.8) is 0 Å². The van der Waals surface area contributed by atoms with Crippen molar-refractivity contribution in [2.75, 3.05) is 19.6 Å². The third-order valence-electron chi connectivity index (χ3n) is 2.67. The van der Waals surface area contributed by atoms with Crippen molar-refractivity contribution in [2.24, 2.45) is 0 Å². The highest BCUT2D eigenvalue weighted by atomic mass is 35.5. The minimum atomic E-state index is -0.536. The number of halogens is 1. The molecule has 1 N–H and O–H groups in total. The molecule has 1 rings (SSSR count). The molecule has 0 amide bonds. The Kier molecular flexibility index (Phi) is 5.99. The lowest BCUT2D eigenvalue weighted by atomic mass is 10.1. The van der Waals surface area contributed by atoms with E-state index in [0.29, 0.717) is 24.5 Å². The van der Waals surface area contributed by atoms with Crippen LogP contribution in [0.2, 0.25) is 5.02 Å². The van der Waals surface area contributed by atoms with E-state index in [4.69, 9.17) is 16.9 Å². The van der Waals surface area contributed by atoms with Gasteiger partial charge >= 0.3 is 0 Å². The highest BCUT2D eigenvalue weighted by Gasteiger charge is 2.11. The van der Waals surface area contributed by atoms with Crippen LogP contribution in [0.1, 0.15) is 25.0 Å². The number of benzene rings is 1. The van der Waals surface area contributed by atoms with Crippen molar-refractivity contribution in [3.05, 3.63) is 34.9 Å². The molecule has 0 aliphatic heterocycles. The average Bonchev–Trinajstić information content (AvgIpc) is 2.35. The predicted octanol–water partition coefficient (Wildman–Crippen LogP) is 2.61. The van der Waals surface area contributed by atoms with Crippen LogP contribution in [0.4, 0.5) is 0 Å². The van der Waals surface area contributed by atoms with Crippen LogP contribution in [0.25, 0.3) is 0 Å². The second-order valence-corrected chi connectivity index (χ2v) is 4.31. The normalized spacial score (nSPS) is 12.4. The molecule has 3 nitrogen and oxygen atoms in total. The van der Waals surface area contributed by atoms with Gasteiger partial charge in [-0.25, -0.2) is 0 Å². The Hall–Kier alpha value is -1.08. The number of nitriles is 1. The minimum Gasteiger partial charge on any atom is -0.387 e. The molecule has 0 radical (unpaired) electrons. The maximum atomic E-state index is 10.0. The molecular weight excluding hydrogens is 236 g/mol. The van der Waals surface area contributed by atoms with Gasteiger partial charge in [0.25, 0.3) is 0 Å². The predicted molar refractivity (Wildman–Crippen MR) is 68.8 cm³/mol. The van der Waals surface area contributed by atoms with Crippen LogP contribution in [-0.4, -0.2) is 29.6 Å². The fourth-order valence-electron chi connectivity index (χ4n) is 1.62. The summed E-state index contributed by atoms with van der Waals surface area (Å²) in [7, 11) is 0. The van der Waals surface area contributed by atoms with E-state index in [2.05, 4.69) is 11.0 Å². The summed E-state index contributed by atoms with van der Waals surface area (Å²) in [6.45, 7) is 4.08. The lowest BCUT2D eigenvalue weighted by molar-refractivity contribution is 0.117. The molecule has 0 fully saturated rings. The Bertz CT molecular complexity index is 372. The van der Waals surface area contributed by atoms with Crippen LogP contribution in [-0.2, 0) is 0 Å². The number of hydrogen-bond donors (Lipinski definition) is 1. The molecule has 0 saturated carbocycles. The van der Waals surface area contributed by atoms with Crippen molar-refractivity contribution in [1.29, 1.82) is 5.26 Å². The van der Waals surface area contributed by atoms with E-state index in [0.717, 1.165) is 12.1 Å². The van der Waals surface area contributed by atoms with E-state index in [1.54, 1.807) is 12.1 Å². The molecule has 1 atom stereocenters. The third-order valence-corrected chi connectivity index (χ3v) is 2.92. The third kappa shape index (κ3) is 4.74. The Balaban J connectivity index is 2.55. The van der Waals surface area contributed by atoms with E-state index >= 15 is 0 Å². The quantitative estimate of drug-likeness (QED) is 0.847. The average molecular weight is 253 g/mol. The van der Waals surface area contributed by atoms with Gasteiger partial charge in [-0.05, 0) is 24.2 Å². The van der Waals surface area contributed by atoms with Gasteiger partial charge in [0, 0.05) is 24.5 Å². The van der Waals surface area contributed by atoms with Gasteiger partial charge in [0.1, 0.15) is 0 Å². The number of nitrogens with zero attached hydrogens (tertiary/aromatic N) is 2. The largest absolute Gasteiger partial charge is 0.387 e. The van der Waals surface area contributed by atoms with Gasteiger partial charge < -0.3 is 5.11 Å². The smallest absolute Gasteiger partial charge is 0.0916 e. The zero-order valence-electron chi connectivity index (χ0n) is 9.93. The Morgan fingerprint density at radius 1 is 1.41 bits per heavy atom. The van der Waals surface area contributed by atoms with Crippen molar-refractivity contribution in [2.45, 2.75) is 19.4 Å². The van der Waals surface area contributed by atoms with E-state index < -0.39 is 6.10 Å². The zero-order valence-corrected chi connectivity index (χ0v) is 10.7. The molecule has 0 heterocycles. The number of rotatable bonds is 6. The molecule has 17 heavy (non-hydrogen) atoms. The second kappa shape index (κ2) is 7.29. The maximum absolute atomic E-state index is 10.0. The minimum absolute atomic E-state index is 0.487. The maximum Gasteiger partial charge on any atom is 0.0916 e. The highest BCUT2D eigenvalue weighted by Crippen LogP contribution is 2.17. The van der Waals surface area contributed by atoms with E-state index in [1.165, 1.54) is 0 Å². The second-order valence-electron chi connectivity index (χ2n) is 3.87. The summed E-state index contributed by atoms with van der Waals surface area (Å²) < 4.78 is 0. The molecule has 1 unspecified atom stereocenters. The summed E-state index contributed by atoms with van der Waals surface area (Å²) in [4.78, 5) is 2.06. The molecule has 92 valence electrons. The fourth-order valence-corrected chi connectivity index (χ4v) is 1.75. The van der Waals surface area contributed by atoms with Crippen LogP contribution < -0.4 is 0 Å². The van der Waals surface area contributed by atoms with E-state index in [-0.39, 0.29) is 0 Å². The van der Waals surface area contributed by atoms with Crippen LogP contribution in [0.5, 0.6) is 0 Å². The first kappa shape index (κ1) is 14.0. The first-order valence-corrected chi connectivity index (χ1v) is 6.08. The highest BCUT2D eigenvalue weighted by molar-refractivity contribution is 6.30. The molecule has 0 aliphatic rings. The molecule has 1 aromatic rings. The summed E-state index contributed by atoms with van der Waals surface area (Å²) in [6.07, 6.45) is -0.0489. The Morgan fingerprint density at radius 3 is 2.59 bits per heavy atom. The molecule has 4 heteroatoms. The first-order chi connectivity index (χ1) is 8.17.